The van der Waals surface area contributed by atoms with E-state index in [1.807, 2.05) is 0 Å². The van der Waals surface area contributed by atoms with Crippen molar-refractivity contribution < 1.29 is 23.5 Å². The predicted molar refractivity (Wildman–Crippen MR) is 107 cm³/mol. The number of esters is 1. The van der Waals surface area contributed by atoms with Crippen LogP contribution in [0.4, 0.5) is 0 Å². The molecule has 2 heterocycles. The van der Waals surface area contributed by atoms with Crippen LogP contribution in [0.5, 0.6) is 0 Å². The minimum atomic E-state index is -0.918. The number of nitrogens with zero attached hydrogens (tertiary/aromatic N) is 2. The minimum absolute atomic E-state index is 0.201. The molecular weight excluding hydrogens is 396 g/mol. The number of carbonyl (C=O) groups is 3. The van der Waals surface area contributed by atoms with Crippen LogP contribution in [0, 0.1) is 0 Å². The average Bonchev–Trinajstić information content (AvgIpc) is 3.26. The van der Waals surface area contributed by atoms with Gasteiger partial charge in [0.15, 0.2) is 11.9 Å². The normalized spacial score (nSPS) is 15.4. The molecule has 0 aliphatic carbocycles. The summed E-state index contributed by atoms with van der Waals surface area (Å²) in [5.74, 6) is -0.830. The highest BCUT2D eigenvalue weighted by Gasteiger charge is 2.29. The average molecular weight is 417 g/mol. The van der Waals surface area contributed by atoms with Crippen molar-refractivity contribution in [2.45, 2.75) is 13.0 Å². The highest BCUT2D eigenvalue weighted by atomic mass is 35.5. The van der Waals surface area contributed by atoms with Crippen molar-refractivity contribution >= 4 is 35.5 Å². The van der Waals surface area contributed by atoms with Crippen molar-refractivity contribution in [2.24, 2.45) is 0 Å². The molecule has 0 spiro atoms. The molecule has 2 amide bonds. The lowest BCUT2D eigenvalue weighted by molar-refractivity contribution is -0.156. The van der Waals surface area contributed by atoms with Crippen LogP contribution in [0.1, 0.15) is 23.0 Å². The molecule has 1 unspecified atom stereocenters. The maximum Gasteiger partial charge on any atom is 0.331 e. The van der Waals surface area contributed by atoms with Crippen molar-refractivity contribution in [1.29, 1.82) is 0 Å². The van der Waals surface area contributed by atoms with Gasteiger partial charge in [0.05, 0.1) is 6.26 Å². The topological polar surface area (TPSA) is 80.1 Å². The first-order valence-corrected chi connectivity index (χ1v) is 9.57. The zero-order valence-corrected chi connectivity index (χ0v) is 16.7. The predicted octanol–water partition coefficient (Wildman–Crippen LogP) is 2.86. The van der Waals surface area contributed by atoms with Gasteiger partial charge in [-0.05, 0) is 42.8 Å². The fourth-order valence-corrected chi connectivity index (χ4v) is 3.18. The lowest BCUT2D eigenvalue weighted by atomic mass is 10.2. The number of halogens is 1. The van der Waals surface area contributed by atoms with Gasteiger partial charge in [-0.1, -0.05) is 23.7 Å². The third-order valence-corrected chi connectivity index (χ3v) is 4.75. The Morgan fingerprint density at radius 2 is 1.83 bits per heavy atom. The van der Waals surface area contributed by atoms with Crippen molar-refractivity contribution in [3.63, 3.8) is 0 Å². The van der Waals surface area contributed by atoms with Crippen molar-refractivity contribution in [2.75, 3.05) is 26.2 Å². The molecule has 1 atom stereocenters. The molecule has 7 nitrogen and oxygen atoms in total. The van der Waals surface area contributed by atoms with Crippen LogP contribution in [0.3, 0.4) is 0 Å². The van der Waals surface area contributed by atoms with Crippen LogP contribution < -0.4 is 0 Å². The van der Waals surface area contributed by atoms with Gasteiger partial charge in [0.2, 0.25) is 0 Å². The maximum absolute atomic E-state index is 12.5. The van der Waals surface area contributed by atoms with Crippen LogP contribution in [0.2, 0.25) is 5.02 Å². The molecule has 1 aliphatic heterocycles. The minimum Gasteiger partial charge on any atom is -0.459 e. The van der Waals surface area contributed by atoms with E-state index in [1.54, 1.807) is 52.3 Å². The fourth-order valence-electron chi connectivity index (χ4n) is 2.98. The van der Waals surface area contributed by atoms with Gasteiger partial charge in [-0.2, -0.15) is 0 Å². The highest BCUT2D eigenvalue weighted by Crippen LogP contribution is 2.13. The second kappa shape index (κ2) is 9.43. The van der Waals surface area contributed by atoms with E-state index >= 15 is 0 Å². The van der Waals surface area contributed by atoms with Gasteiger partial charge in [-0.15, -0.1) is 0 Å². The van der Waals surface area contributed by atoms with Gasteiger partial charge >= 0.3 is 5.97 Å². The van der Waals surface area contributed by atoms with Gasteiger partial charge in [-0.25, -0.2) is 4.79 Å². The first-order valence-electron chi connectivity index (χ1n) is 9.20. The standard InChI is InChI=1S/C21H21ClN2O5/c1-15(29-19(25)8-7-16-4-2-5-17(22)14-16)20(26)23-9-11-24(12-10-23)21(27)18-6-3-13-28-18/h2-8,13-15H,9-12H2,1H3. The van der Waals surface area contributed by atoms with E-state index in [0.29, 0.717) is 31.2 Å². The Hall–Kier alpha value is -3.06. The van der Waals surface area contributed by atoms with Crippen molar-refractivity contribution in [3.8, 4) is 0 Å². The number of amides is 2. The van der Waals surface area contributed by atoms with Gasteiger partial charge in [0, 0.05) is 37.3 Å². The molecule has 1 aromatic heterocycles. The molecular formula is C21H21ClN2O5. The Bertz CT molecular complexity index is 902. The van der Waals surface area contributed by atoms with E-state index in [2.05, 4.69) is 0 Å². The molecule has 1 saturated heterocycles. The number of hydrogen-bond acceptors (Lipinski definition) is 5. The van der Waals surface area contributed by atoms with Crippen LogP contribution in [0.25, 0.3) is 6.08 Å². The molecule has 29 heavy (non-hydrogen) atoms. The summed E-state index contributed by atoms with van der Waals surface area (Å²) >= 11 is 5.90. The molecule has 1 aliphatic rings. The monoisotopic (exact) mass is 416 g/mol. The zero-order valence-electron chi connectivity index (χ0n) is 15.9. The lowest BCUT2D eigenvalue weighted by Crippen LogP contribution is -2.53. The SMILES string of the molecule is CC(OC(=O)C=Cc1cccc(Cl)c1)C(=O)N1CCN(C(=O)c2ccco2)CC1. The van der Waals surface area contributed by atoms with Gasteiger partial charge < -0.3 is 19.0 Å². The second-order valence-corrected chi connectivity index (χ2v) is 7.00. The van der Waals surface area contributed by atoms with E-state index in [0.717, 1.165) is 5.56 Å². The van der Waals surface area contributed by atoms with Crippen LogP contribution in [0.15, 0.2) is 53.2 Å². The van der Waals surface area contributed by atoms with E-state index in [-0.39, 0.29) is 17.6 Å². The molecule has 0 saturated carbocycles. The molecule has 0 radical (unpaired) electrons. The number of rotatable bonds is 5. The van der Waals surface area contributed by atoms with Crippen molar-refractivity contribution in [1.82, 2.24) is 9.80 Å². The number of hydrogen-bond donors (Lipinski definition) is 0. The molecule has 2 aromatic rings. The number of benzene rings is 1. The van der Waals surface area contributed by atoms with E-state index in [9.17, 15) is 14.4 Å². The summed E-state index contributed by atoms with van der Waals surface area (Å²) in [6.07, 6.45) is 3.36. The van der Waals surface area contributed by atoms with E-state index < -0.39 is 12.1 Å². The Balaban J connectivity index is 1.48. The summed E-state index contributed by atoms with van der Waals surface area (Å²) in [6, 6.07) is 10.3. The summed E-state index contributed by atoms with van der Waals surface area (Å²) in [5.41, 5.74) is 0.755. The number of carbonyl (C=O) groups excluding carboxylic acids is 3. The van der Waals surface area contributed by atoms with Gasteiger partial charge in [-0.3, -0.25) is 9.59 Å². The Labute approximate surface area is 173 Å². The summed E-state index contributed by atoms with van der Waals surface area (Å²) < 4.78 is 10.3. The number of ether oxygens (including phenoxy) is 1. The lowest BCUT2D eigenvalue weighted by Gasteiger charge is -2.35. The zero-order chi connectivity index (χ0) is 20.8. The molecule has 8 heteroatoms. The van der Waals surface area contributed by atoms with Crippen LogP contribution in [-0.2, 0) is 14.3 Å². The number of piperazine rings is 1. The first-order chi connectivity index (χ1) is 13.9. The van der Waals surface area contributed by atoms with E-state index in [4.69, 9.17) is 20.8 Å². The maximum atomic E-state index is 12.5. The third-order valence-electron chi connectivity index (χ3n) is 4.51. The Kier molecular flexibility index (Phi) is 6.72. The Morgan fingerprint density at radius 1 is 1.10 bits per heavy atom. The van der Waals surface area contributed by atoms with Crippen LogP contribution >= 0.6 is 11.6 Å². The summed E-state index contributed by atoms with van der Waals surface area (Å²) in [6.45, 7) is 3.05. The molecule has 152 valence electrons. The Morgan fingerprint density at radius 3 is 2.48 bits per heavy atom. The molecule has 1 aromatic carbocycles. The largest absolute Gasteiger partial charge is 0.459 e. The first kappa shape index (κ1) is 20.7. The molecule has 1 fully saturated rings. The highest BCUT2D eigenvalue weighted by molar-refractivity contribution is 6.30. The number of furan rings is 1. The fraction of sp³-hybridized carbons (Fsp3) is 0.286. The van der Waals surface area contributed by atoms with Crippen molar-refractivity contribution in [3.05, 3.63) is 65.1 Å². The third kappa shape index (κ3) is 5.48. The molecule has 0 bridgehead atoms. The second-order valence-electron chi connectivity index (χ2n) is 6.56. The summed E-state index contributed by atoms with van der Waals surface area (Å²) in [7, 11) is 0. The smallest absolute Gasteiger partial charge is 0.331 e. The van der Waals surface area contributed by atoms with Gasteiger partial charge in [0.1, 0.15) is 0 Å². The van der Waals surface area contributed by atoms with E-state index in [1.165, 1.54) is 19.3 Å². The van der Waals surface area contributed by atoms with Crippen LogP contribution in [-0.4, -0.2) is 59.9 Å². The summed E-state index contributed by atoms with van der Waals surface area (Å²) in [4.78, 5) is 40.0. The summed E-state index contributed by atoms with van der Waals surface area (Å²) in [5, 5.41) is 0.564. The molecule has 0 N–H and O–H groups in total. The molecule has 3 rings (SSSR count). The van der Waals surface area contributed by atoms with Gasteiger partial charge in [0.25, 0.3) is 11.8 Å². The quantitative estimate of drug-likeness (QED) is 0.553.